The average Bonchev–Trinajstić information content (AvgIpc) is 3.44. The Balaban J connectivity index is 1.32. The van der Waals surface area contributed by atoms with Crippen LogP contribution in [0.1, 0.15) is 17.2 Å². The zero-order valence-corrected chi connectivity index (χ0v) is 20.5. The highest BCUT2D eigenvalue weighted by Crippen LogP contribution is 2.47. The van der Waals surface area contributed by atoms with Crippen molar-refractivity contribution in [1.82, 2.24) is 0 Å². The van der Waals surface area contributed by atoms with Gasteiger partial charge in [-0.05, 0) is 53.6 Å². The van der Waals surface area contributed by atoms with Gasteiger partial charge in [0.25, 0.3) is 5.91 Å². The molecule has 4 aromatic carbocycles. The first-order chi connectivity index (χ1) is 18.1. The maximum absolute atomic E-state index is 13.7. The van der Waals surface area contributed by atoms with E-state index in [9.17, 15) is 9.59 Å². The summed E-state index contributed by atoms with van der Waals surface area (Å²) in [6, 6.07) is 33.3. The van der Waals surface area contributed by atoms with E-state index in [1.54, 1.807) is 29.3 Å². The Kier molecular flexibility index (Phi) is 6.12. The summed E-state index contributed by atoms with van der Waals surface area (Å²) in [5, 5.41) is 2.13. The molecule has 2 heterocycles. The van der Waals surface area contributed by atoms with Crippen LogP contribution in [0.2, 0.25) is 5.02 Å². The molecule has 0 saturated carbocycles. The van der Waals surface area contributed by atoms with Gasteiger partial charge in [0.2, 0.25) is 5.91 Å². The number of imide groups is 1. The van der Waals surface area contributed by atoms with Crippen LogP contribution in [0.5, 0.6) is 5.75 Å². The third kappa shape index (κ3) is 4.35. The standard InChI is InChI=1S/C30H23ClN2O4/c31-22-10-7-13-24(18-22)32-29(34)26-27(33(37-28(26)30(32)35)23-11-5-2-6-12-23)21-14-16-25(17-15-21)36-19-20-8-3-1-4-9-20/h1-18,26-28H,19H2/t26-,27+,28+/m0/s1. The van der Waals surface area contributed by atoms with E-state index >= 15 is 0 Å². The maximum Gasteiger partial charge on any atom is 0.266 e. The fraction of sp³-hybridized carbons (Fsp3) is 0.133. The predicted molar refractivity (Wildman–Crippen MR) is 141 cm³/mol. The summed E-state index contributed by atoms with van der Waals surface area (Å²) in [7, 11) is 0. The lowest BCUT2D eigenvalue weighted by atomic mass is 9.90. The number of rotatable bonds is 6. The second-order valence-electron chi connectivity index (χ2n) is 8.99. The summed E-state index contributed by atoms with van der Waals surface area (Å²) in [4.78, 5) is 34.5. The van der Waals surface area contributed by atoms with Crippen molar-refractivity contribution in [1.29, 1.82) is 0 Å². The highest BCUT2D eigenvalue weighted by Gasteiger charge is 2.60. The van der Waals surface area contributed by atoms with Crippen LogP contribution in [0.3, 0.4) is 0 Å². The number of para-hydroxylation sites is 1. The Labute approximate surface area is 219 Å². The monoisotopic (exact) mass is 510 g/mol. The lowest BCUT2D eigenvalue weighted by Crippen LogP contribution is -2.37. The van der Waals surface area contributed by atoms with E-state index in [1.807, 2.05) is 84.9 Å². The van der Waals surface area contributed by atoms with Crippen molar-refractivity contribution in [2.75, 3.05) is 9.96 Å². The van der Waals surface area contributed by atoms with Gasteiger partial charge in [0, 0.05) is 5.02 Å². The largest absolute Gasteiger partial charge is 0.489 e. The highest BCUT2D eigenvalue weighted by atomic mass is 35.5. The molecule has 184 valence electrons. The van der Waals surface area contributed by atoms with Gasteiger partial charge in [-0.3, -0.25) is 14.4 Å². The molecule has 2 amide bonds. The SMILES string of the molecule is O=C1[C@H]2[C@@H](c3ccc(OCc4ccccc4)cc3)N(c3ccccc3)O[C@H]2C(=O)N1c1cccc(Cl)c1. The Morgan fingerprint density at radius 1 is 0.757 bits per heavy atom. The van der Waals surface area contributed by atoms with Gasteiger partial charge >= 0.3 is 0 Å². The summed E-state index contributed by atoms with van der Waals surface area (Å²) < 4.78 is 5.95. The number of amides is 2. The van der Waals surface area contributed by atoms with Crippen molar-refractivity contribution in [3.05, 3.63) is 125 Å². The number of hydroxylamine groups is 1. The predicted octanol–water partition coefficient (Wildman–Crippen LogP) is 5.97. The van der Waals surface area contributed by atoms with Gasteiger partial charge < -0.3 is 4.74 Å². The molecule has 0 unspecified atom stereocenters. The van der Waals surface area contributed by atoms with Crippen LogP contribution >= 0.6 is 11.6 Å². The average molecular weight is 511 g/mol. The van der Waals surface area contributed by atoms with Gasteiger partial charge in [-0.15, -0.1) is 0 Å². The first-order valence-electron chi connectivity index (χ1n) is 12.0. The Morgan fingerprint density at radius 2 is 1.43 bits per heavy atom. The van der Waals surface area contributed by atoms with Gasteiger partial charge in [0.15, 0.2) is 6.10 Å². The van der Waals surface area contributed by atoms with Crippen molar-refractivity contribution in [3.63, 3.8) is 0 Å². The smallest absolute Gasteiger partial charge is 0.266 e. The number of hydrogen-bond donors (Lipinski definition) is 0. The zero-order valence-electron chi connectivity index (χ0n) is 19.7. The van der Waals surface area contributed by atoms with Crippen LogP contribution in [-0.2, 0) is 21.0 Å². The van der Waals surface area contributed by atoms with Crippen LogP contribution in [0, 0.1) is 5.92 Å². The van der Waals surface area contributed by atoms with Crippen LogP contribution in [0.15, 0.2) is 109 Å². The van der Waals surface area contributed by atoms with Crippen molar-refractivity contribution >= 4 is 34.8 Å². The minimum atomic E-state index is -0.939. The maximum atomic E-state index is 13.7. The van der Waals surface area contributed by atoms with E-state index in [0.717, 1.165) is 16.8 Å². The van der Waals surface area contributed by atoms with Gasteiger partial charge in [-0.1, -0.05) is 78.3 Å². The number of hydrogen-bond acceptors (Lipinski definition) is 5. The summed E-state index contributed by atoms with van der Waals surface area (Å²) in [5.74, 6) is -0.722. The van der Waals surface area contributed by atoms with E-state index in [1.165, 1.54) is 4.90 Å². The molecule has 2 saturated heterocycles. The van der Waals surface area contributed by atoms with E-state index in [-0.39, 0.29) is 5.91 Å². The first kappa shape index (κ1) is 23.3. The third-order valence-corrected chi connectivity index (χ3v) is 6.90. The van der Waals surface area contributed by atoms with Crippen molar-refractivity contribution < 1.29 is 19.2 Å². The number of fused-ring (bicyclic) bond motifs is 1. The third-order valence-electron chi connectivity index (χ3n) is 6.66. The highest BCUT2D eigenvalue weighted by molar-refractivity contribution is 6.31. The summed E-state index contributed by atoms with van der Waals surface area (Å²) in [6.07, 6.45) is -0.939. The van der Waals surface area contributed by atoms with Crippen molar-refractivity contribution in [3.8, 4) is 5.75 Å². The lowest BCUT2D eigenvalue weighted by molar-refractivity contribution is -0.126. The fourth-order valence-electron chi connectivity index (χ4n) is 4.92. The van der Waals surface area contributed by atoms with Crippen molar-refractivity contribution in [2.45, 2.75) is 18.8 Å². The van der Waals surface area contributed by atoms with Crippen LogP contribution < -0.4 is 14.7 Å². The number of nitrogens with zero attached hydrogens (tertiary/aromatic N) is 2. The zero-order chi connectivity index (χ0) is 25.4. The molecule has 6 nitrogen and oxygen atoms in total. The molecule has 0 N–H and O–H groups in total. The van der Waals surface area contributed by atoms with Gasteiger partial charge in [0.1, 0.15) is 18.3 Å². The van der Waals surface area contributed by atoms with E-state index in [4.69, 9.17) is 21.2 Å². The van der Waals surface area contributed by atoms with Gasteiger partial charge in [0.05, 0.1) is 17.4 Å². The fourth-order valence-corrected chi connectivity index (χ4v) is 5.11. The van der Waals surface area contributed by atoms with Crippen LogP contribution in [0.25, 0.3) is 0 Å². The molecule has 0 radical (unpaired) electrons. The van der Waals surface area contributed by atoms with E-state index in [0.29, 0.717) is 23.1 Å². The number of carbonyl (C=O) groups excluding carboxylic acids is 2. The molecule has 2 aliphatic rings. The molecule has 6 rings (SSSR count). The number of anilines is 2. The summed E-state index contributed by atoms with van der Waals surface area (Å²) in [5.41, 5.74) is 3.12. The van der Waals surface area contributed by atoms with Crippen molar-refractivity contribution in [2.24, 2.45) is 5.92 Å². The van der Waals surface area contributed by atoms with Gasteiger partial charge in [-0.25, -0.2) is 9.96 Å². The van der Waals surface area contributed by atoms with E-state index < -0.39 is 24.0 Å². The lowest BCUT2D eigenvalue weighted by Gasteiger charge is -2.29. The first-order valence-corrected chi connectivity index (χ1v) is 12.4. The Bertz CT molecular complexity index is 1430. The van der Waals surface area contributed by atoms with Crippen LogP contribution in [0.4, 0.5) is 11.4 Å². The summed E-state index contributed by atoms with van der Waals surface area (Å²) in [6.45, 7) is 0.454. The molecule has 0 spiro atoms. The molecule has 0 bridgehead atoms. The molecule has 2 fully saturated rings. The molecule has 37 heavy (non-hydrogen) atoms. The number of ether oxygens (including phenoxy) is 1. The minimum Gasteiger partial charge on any atom is -0.489 e. The molecule has 2 aliphatic heterocycles. The molecular formula is C30H23ClN2O4. The second kappa shape index (κ2) is 9.73. The number of carbonyl (C=O) groups is 2. The summed E-state index contributed by atoms with van der Waals surface area (Å²) >= 11 is 6.15. The molecule has 7 heteroatoms. The number of benzene rings is 4. The molecular weight excluding hydrogens is 488 g/mol. The molecule has 4 aromatic rings. The second-order valence-corrected chi connectivity index (χ2v) is 9.43. The quantitative estimate of drug-likeness (QED) is 0.299. The molecule has 0 aromatic heterocycles. The normalized spacial score (nSPS) is 20.8. The Morgan fingerprint density at radius 3 is 2.14 bits per heavy atom. The van der Waals surface area contributed by atoms with Gasteiger partial charge in [-0.2, -0.15) is 0 Å². The van der Waals surface area contributed by atoms with E-state index in [2.05, 4.69) is 0 Å². The Hall–Kier alpha value is -4.13. The topological polar surface area (TPSA) is 59.1 Å². The minimum absolute atomic E-state index is 0.315. The molecule has 3 atom stereocenters. The number of halogens is 1. The van der Waals surface area contributed by atoms with Crippen LogP contribution in [-0.4, -0.2) is 17.9 Å². The molecule has 0 aliphatic carbocycles.